The highest BCUT2D eigenvalue weighted by Gasteiger charge is 2.46. The first kappa shape index (κ1) is 28.5. The third kappa shape index (κ3) is 4.24. The summed E-state index contributed by atoms with van der Waals surface area (Å²) in [7, 11) is 0. The molecule has 1 heterocycles. The molecule has 0 unspecified atom stereocenters. The van der Waals surface area contributed by atoms with Gasteiger partial charge in [-0.25, -0.2) is 15.0 Å². The summed E-state index contributed by atoms with van der Waals surface area (Å²) in [6.45, 7) is 9.57. The Morgan fingerprint density at radius 3 is 1.79 bits per heavy atom. The van der Waals surface area contributed by atoms with Gasteiger partial charge in [-0.3, -0.25) is 0 Å². The maximum atomic E-state index is 5.25. The van der Waals surface area contributed by atoms with Gasteiger partial charge in [0.15, 0.2) is 17.5 Å². The van der Waals surface area contributed by atoms with Crippen LogP contribution in [0.3, 0.4) is 0 Å². The zero-order valence-electron chi connectivity index (χ0n) is 27.6. The second-order valence-electron chi connectivity index (χ2n) is 14.1. The molecular weight excluding hydrogens is 583 g/mol. The molecule has 0 radical (unpaired) electrons. The van der Waals surface area contributed by atoms with E-state index in [0.29, 0.717) is 17.5 Å². The van der Waals surface area contributed by atoms with E-state index in [2.05, 4.69) is 149 Å². The molecule has 7 aromatic carbocycles. The Kier molecular flexibility index (Phi) is 6.20. The fourth-order valence-corrected chi connectivity index (χ4v) is 7.68. The Labute approximate surface area is 281 Å². The highest BCUT2D eigenvalue weighted by atomic mass is 15.0. The predicted molar refractivity (Wildman–Crippen MR) is 200 cm³/mol. The molecule has 0 saturated carbocycles. The Balaban J connectivity index is 1.37. The van der Waals surface area contributed by atoms with E-state index >= 15 is 0 Å². The van der Waals surface area contributed by atoms with Crippen LogP contribution < -0.4 is 0 Å². The Hall–Kier alpha value is -5.67. The summed E-state index contributed by atoms with van der Waals surface area (Å²) in [4.78, 5) is 15.5. The van der Waals surface area contributed by atoms with Gasteiger partial charge in [-0.15, -0.1) is 0 Å². The minimum absolute atomic E-state index is 0.0504. The van der Waals surface area contributed by atoms with Crippen LogP contribution >= 0.6 is 0 Å². The zero-order valence-corrected chi connectivity index (χ0v) is 27.6. The van der Waals surface area contributed by atoms with Crippen LogP contribution in [0.25, 0.3) is 77.6 Å². The van der Waals surface area contributed by atoms with Crippen molar-refractivity contribution in [3.8, 4) is 45.3 Å². The molecule has 0 atom stereocenters. The second kappa shape index (κ2) is 10.4. The van der Waals surface area contributed by atoms with Crippen LogP contribution in [-0.2, 0) is 10.8 Å². The minimum atomic E-state index is -0.0983. The van der Waals surface area contributed by atoms with Crippen molar-refractivity contribution in [3.63, 3.8) is 0 Å². The lowest BCUT2D eigenvalue weighted by atomic mass is 9.55. The number of nitrogens with zero attached hydrogens (tertiary/aromatic N) is 3. The van der Waals surface area contributed by atoms with E-state index in [4.69, 9.17) is 15.0 Å². The zero-order chi connectivity index (χ0) is 32.6. The van der Waals surface area contributed by atoms with Crippen molar-refractivity contribution < 1.29 is 0 Å². The van der Waals surface area contributed by atoms with E-state index in [9.17, 15) is 0 Å². The molecule has 0 N–H and O–H groups in total. The van der Waals surface area contributed by atoms with Crippen molar-refractivity contribution in [2.24, 2.45) is 0 Å². The van der Waals surface area contributed by atoms with Gasteiger partial charge in [0.2, 0.25) is 0 Å². The minimum Gasteiger partial charge on any atom is -0.208 e. The van der Waals surface area contributed by atoms with Crippen molar-refractivity contribution >= 4 is 32.3 Å². The highest BCUT2D eigenvalue weighted by molar-refractivity contribution is 6.15. The number of hydrogen-bond donors (Lipinski definition) is 0. The maximum absolute atomic E-state index is 5.25. The van der Waals surface area contributed by atoms with Crippen molar-refractivity contribution in [1.82, 2.24) is 15.0 Å². The standard InChI is InChI=1S/C45H35N3/c1-44(2)39-21-13-12-20-34(39)37-26-35-36(27-40(37)45(44,3)4)33-19-11-10-18-31(33)25-38(35)43-47-41(29-15-6-5-7-16-29)46-42(48-43)32-23-22-28-14-8-9-17-30(28)24-32/h5-27H,1-4H3. The Morgan fingerprint density at radius 1 is 0.354 bits per heavy atom. The fourth-order valence-electron chi connectivity index (χ4n) is 7.68. The van der Waals surface area contributed by atoms with Crippen LogP contribution in [0.15, 0.2) is 140 Å². The normalized spacial score (nSPS) is 14.6. The first-order valence-electron chi connectivity index (χ1n) is 16.7. The Morgan fingerprint density at radius 2 is 0.979 bits per heavy atom. The fraction of sp³-hybridized carbons (Fsp3) is 0.133. The van der Waals surface area contributed by atoms with Gasteiger partial charge in [-0.05, 0) is 89.7 Å². The van der Waals surface area contributed by atoms with Gasteiger partial charge < -0.3 is 0 Å². The molecule has 3 nitrogen and oxygen atoms in total. The van der Waals surface area contributed by atoms with Crippen LogP contribution in [0, 0.1) is 0 Å². The van der Waals surface area contributed by atoms with Crippen molar-refractivity contribution in [2.45, 2.75) is 38.5 Å². The van der Waals surface area contributed by atoms with Crippen LogP contribution in [0.2, 0.25) is 0 Å². The molecule has 1 aromatic heterocycles. The molecule has 0 saturated heterocycles. The largest absolute Gasteiger partial charge is 0.208 e. The number of aromatic nitrogens is 3. The lowest BCUT2D eigenvalue weighted by molar-refractivity contribution is 0.299. The molecule has 48 heavy (non-hydrogen) atoms. The van der Waals surface area contributed by atoms with E-state index in [-0.39, 0.29) is 10.8 Å². The molecule has 230 valence electrons. The molecule has 9 rings (SSSR count). The lowest BCUT2D eigenvalue weighted by Crippen LogP contribution is -2.43. The van der Waals surface area contributed by atoms with Gasteiger partial charge in [0.05, 0.1) is 0 Å². The van der Waals surface area contributed by atoms with Gasteiger partial charge in [-0.2, -0.15) is 0 Å². The van der Waals surface area contributed by atoms with Gasteiger partial charge in [0.25, 0.3) is 0 Å². The SMILES string of the molecule is CC1(C)c2ccccc2-c2cc3c(-c4nc(-c5ccccc5)nc(-c5ccc6ccccc6c5)n4)cc4ccccc4c3cc2C1(C)C. The molecule has 0 fully saturated rings. The molecular formula is C45H35N3. The molecule has 0 spiro atoms. The van der Waals surface area contributed by atoms with Crippen LogP contribution in [0.1, 0.15) is 38.8 Å². The summed E-state index contributed by atoms with van der Waals surface area (Å²) in [5.74, 6) is 2.00. The van der Waals surface area contributed by atoms with E-state index in [1.54, 1.807) is 0 Å². The monoisotopic (exact) mass is 617 g/mol. The van der Waals surface area contributed by atoms with Crippen LogP contribution in [0.5, 0.6) is 0 Å². The van der Waals surface area contributed by atoms with E-state index in [1.165, 1.54) is 43.8 Å². The molecule has 8 aromatic rings. The average molecular weight is 618 g/mol. The van der Waals surface area contributed by atoms with Crippen molar-refractivity contribution in [3.05, 3.63) is 151 Å². The molecule has 0 amide bonds. The third-order valence-corrected chi connectivity index (χ3v) is 11.0. The van der Waals surface area contributed by atoms with E-state index < -0.39 is 0 Å². The molecule has 0 bridgehead atoms. The molecule has 1 aliphatic carbocycles. The van der Waals surface area contributed by atoms with Crippen molar-refractivity contribution in [1.29, 1.82) is 0 Å². The number of hydrogen-bond acceptors (Lipinski definition) is 3. The molecule has 1 aliphatic rings. The third-order valence-electron chi connectivity index (χ3n) is 11.0. The number of rotatable bonds is 3. The van der Waals surface area contributed by atoms with Gasteiger partial charge in [0, 0.05) is 16.7 Å². The van der Waals surface area contributed by atoms with Crippen LogP contribution in [-0.4, -0.2) is 15.0 Å². The molecule has 3 heteroatoms. The summed E-state index contributed by atoms with van der Waals surface area (Å²) in [5.41, 5.74) is 8.13. The van der Waals surface area contributed by atoms with E-state index in [0.717, 1.165) is 27.5 Å². The Bertz CT molecular complexity index is 2560. The first-order valence-corrected chi connectivity index (χ1v) is 16.7. The topological polar surface area (TPSA) is 38.7 Å². The summed E-state index contributed by atoms with van der Waals surface area (Å²) >= 11 is 0. The summed E-state index contributed by atoms with van der Waals surface area (Å²) < 4.78 is 0. The average Bonchev–Trinajstić information content (AvgIpc) is 3.13. The number of benzene rings is 7. The lowest BCUT2D eigenvalue weighted by Gasteiger charge is -2.48. The van der Waals surface area contributed by atoms with Crippen molar-refractivity contribution in [2.75, 3.05) is 0 Å². The smallest absolute Gasteiger partial charge is 0.164 e. The highest BCUT2D eigenvalue weighted by Crippen LogP contribution is 2.55. The van der Waals surface area contributed by atoms with Crippen LogP contribution in [0.4, 0.5) is 0 Å². The maximum Gasteiger partial charge on any atom is 0.164 e. The summed E-state index contributed by atoms with van der Waals surface area (Å²) in [5, 5.41) is 7.12. The van der Waals surface area contributed by atoms with Gasteiger partial charge in [-0.1, -0.05) is 143 Å². The van der Waals surface area contributed by atoms with Gasteiger partial charge in [0.1, 0.15) is 0 Å². The summed E-state index contributed by atoms with van der Waals surface area (Å²) in [6, 6.07) is 49.8. The molecule has 0 aliphatic heterocycles. The quantitative estimate of drug-likeness (QED) is 0.185. The summed E-state index contributed by atoms with van der Waals surface area (Å²) in [6.07, 6.45) is 0. The first-order chi connectivity index (χ1) is 23.3. The number of fused-ring (bicyclic) bond motifs is 7. The second-order valence-corrected chi connectivity index (χ2v) is 14.1. The predicted octanol–water partition coefficient (Wildman–Crippen LogP) is 11.6. The van der Waals surface area contributed by atoms with E-state index in [1.807, 2.05) is 18.2 Å². The van der Waals surface area contributed by atoms with Gasteiger partial charge >= 0.3 is 0 Å².